The van der Waals surface area contributed by atoms with Crippen LogP contribution in [0.5, 0.6) is 11.5 Å². The number of ether oxygens (including phenoxy) is 2. The molecule has 3 heterocycles. The second-order valence-electron chi connectivity index (χ2n) is 9.31. The van der Waals surface area contributed by atoms with Crippen LogP contribution >= 0.6 is 11.8 Å². The summed E-state index contributed by atoms with van der Waals surface area (Å²) in [5.41, 5.74) is 2.22. The van der Waals surface area contributed by atoms with E-state index in [1.807, 2.05) is 70.1 Å². The van der Waals surface area contributed by atoms with Crippen LogP contribution in [0.1, 0.15) is 17.5 Å². The summed E-state index contributed by atoms with van der Waals surface area (Å²) in [5.74, 6) is 2.47. The highest BCUT2D eigenvalue weighted by Gasteiger charge is 2.30. The number of para-hydroxylation sites is 3. The van der Waals surface area contributed by atoms with E-state index in [1.165, 1.54) is 17.3 Å². The van der Waals surface area contributed by atoms with Crippen molar-refractivity contribution in [2.45, 2.75) is 17.8 Å². The van der Waals surface area contributed by atoms with Gasteiger partial charge in [-0.3, -0.25) is 14.3 Å². The summed E-state index contributed by atoms with van der Waals surface area (Å²) in [6.45, 7) is 4.45. The fourth-order valence-corrected chi connectivity index (χ4v) is 5.63. The Balaban J connectivity index is 1.12. The third kappa shape index (κ3) is 5.39. The number of rotatable bonds is 7. The molecule has 3 aromatic carbocycles. The molecule has 1 unspecified atom stereocenters. The van der Waals surface area contributed by atoms with Gasteiger partial charge in [0.25, 0.3) is 0 Å². The zero-order chi connectivity index (χ0) is 25.7. The molecule has 9 heteroatoms. The van der Waals surface area contributed by atoms with Gasteiger partial charge in [-0.05, 0) is 29.8 Å². The Morgan fingerprint density at radius 1 is 0.842 bits per heavy atom. The number of nitrogens with zero attached hydrogens (tertiary/aromatic N) is 5. The minimum Gasteiger partial charge on any atom is -0.485 e. The number of benzene rings is 3. The number of hydrogen-bond acceptors (Lipinski definition) is 7. The topological polar surface area (TPSA) is 72.7 Å². The molecule has 0 aliphatic carbocycles. The standard InChI is InChI=1S/C29H29N5O3S/c35-27(33-17-15-32(16-18-33)19-22-9-3-1-4-10-22)21-38-29-31-30-28(34(29)23-11-5-2-6-12-23)26-20-36-24-13-7-8-14-25(24)37-26/h1-14,26H,15-21H2. The second kappa shape index (κ2) is 11.3. The zero-order valence-electron chi connectivity index (χ0n) is 21.0. The molecule has 8 nitrogen and oxygen atoms in total. The van der Waals surface area contributed by atoms with Gasteiger partial charge < -0.3 is 14.4 Å². The van der Waals surface area contributed by atoms with Crippen molar-refractivity contribution in [2.24, 2.45) is 0 Å². The highest BCUT2D eigenvalue weighted by molar-refractivity contribution is 7.99. The van der Waals surface area contributed by atoms with Gasteiger partial charge in [0.2, 0.25) is 5.91 Å². The maximum absolute atomic E-state index is 13.1. The molecule has 0 spiro atoms. The molecule has 0 N–H and O–H groups in total. The van der Waals surface area contributed by atoms with E-state index < -0.39 is 6.10 Å². The first kappa shape index (κ1) is 24.5. The maximum Gasteiger partial charge on any atom is 0.233 e. The first-order valence-electron chi connectivity index (χ1n) is 12.8. The van der Waals surface area contributed by atoms with Crippen molar-refractivity contribution in [1.82, 2.24) is 24.6 Å². The monoisotopic (exact) mass is 527 g/mol. The van der Waals surface area contributed by atoms with Crippen LogP contribution in [0.4, 0.5) is 0 Å². The molecule has 38 heavy (non-hydrogen) atoms. The first-order valence-corrected chi connectivity index (χ1v) is 13.8. The lowest BCUT2D eigenvalue weighted by atomic mass is 10.2. The molecule has 1 aromatic heterocycles. The number of piperazine rings is 1. The van der Waals surface area contributed by atoms with Crippen molar-refractivity contribution < 1.29 is 14.3 Å². The number of carbonyl (C=O) groups is 1. The molecular weight excluding hydrogens is 498 g/mol. The molecular formula is C29H29N5O3S. The smallest absolute Gasteiger partial charge is 0.233 e. The van der Waals surface area contributed by atoms with Gasteiger partial charge in [-0.2, -0.15) is 0 Å². The summed E-state index contributed by atoms with van der Waals surface area (Å²) in [4.78, 5) is 17.5. The van der Waals surface area contributed by atoms with Gasteiger partial charge in [-0.15, -0.1) is 10.2 Å². The Morgan fingerprint density at radius 3 is 2.29 bits per heavy atom. The fraction of sp³-hybridized carbons (Fsp3) is 0.276. The predicted molar refractivity (Wildman–Crippen MR) is 146 cm³/mol. The highest BCUT2D eigenvalue weighted by Crippen LogP contribution is 2.37. The van der Waals surface area contributed by atoms with Crippen LogP contribution in [0.15, 0.2) is 90.1 Å². The van der Waals surface area contributed by atoms with E-state index in [-0.39, 0.29) is 5.91 Å². The lowest BCUT2D eigenvalue weighted by molar-refractivity contribution is -0.130. The highest BCUT2D eigenvalue weighted by atomic mass is 32.2. The number of thioether (sulfide) groups is 1. The minimum atomic E-state index is -0.416. The summed E-state index contributed by atoms with van der Waals surface area (Å²) in [6, 6.07) is 28.0. The molecule has 1 atom stereocenters. The Hall–Kier alpha value is -3.82. The summed E-state index contributed by atoms with van der Waals surface area (Å²) in [5, 5.41) is 9.60. The van der Waals surface area contributed by atoms with E-state index in [0.29, 0.717) is 29.1 Å². The average Bonchev–Trinajstić information content (AvgIpc) is 3.41. The van der Waals surface area contributed by atoms with Crippen LogP contribution in [-0.4, -0.2) is 69.0 Å². The van der Waals surface area contributed by atoms with E-state index >= 15 is 0 Å². The van der Waals surface area contributed by atoms with Gasteiger partial charge in [0.1, 0.15) is 6.61 Å². The van der Waals surface area contributed by atoms with E-state index in [2.05, 4.69) is 39.4 Å². The molecule has 0 bridgehead atoms. The lowest BCUT2D eigenvalue weighted by Crippen LogP contribution is -2.48. The largest absolute Gasteiger partial charge is 0.485 e. The molecule has 2 aliphatic rings. The van der Waals surface area contributed by atoms with Crippen molar-refractivity contribution in [1.29, 1.82) is 0 Å². The van der Waals surface area contributed by atoms with Crippen LogP contribution in [0.25, 0.3) is 5.69 Å². The van der Waals surface area contributed by atoms with Crippen LogP contribution in [0.3, 0.4) is 0 Å². The van der Waals surface area contributed by atoms with Crippen molar-refractivity contribution >= 4 is 17.7 Å². The number of hydrogen-bond donors (Lipinski definition) is 0. The SMILES string of the molecule is O=C(CSc1nnc(C2COc3ccccc3O2)n1-c1ccccc1)N1CCN(Cc2ccccc2)CC1. The molecule has 1 saturated heterocycles. The lowest BCUT2D eigenvalue weighted by Gasteiger charge is -2.34. The number of fused-ring (bicyclic) bond motifs is 1. The minimum absolute atomic E-state index is 0.115. The van der Waals surface area contributed by atoms with E-state index in [4.69, 9.17) is 9.47 Å². The van der Waals surface area contributed by atoms with Crippen LogP contribution in [0.2, 0.25) is 0 Å². The van der Waals surface area contributed by atoms with Gasteiger partial charge in [0.15, 0.2) is 28.6 Å². The Kier molecular flexibility index (Phi) is 7.28. The van der Waals surface area contributed by atoms with E-state index in [0.717, 1.165) is 44.2 Å². The fourth-order valence-electron chi connectivity index (χ4n) is 4.76. The third-order valence-electron chi connectivity index (χ3n) is 6.77. The molecule has 6 rings (SSSR count). The number of amides is 1. The Morgan fingerprint density at radius 2 is 1.53 bits per heavy atom. The molecule has 2 aliphatic heterocycles. The van der Waals surface area contributed by atoms with Crippen LogP contribution in [-0.2, 0) is 11.3 Å². The molecule has 1 amide bonds. The molecule has 194 valence electrons. The zero-order valence-corrected chi connectivity index (χ0v) is 21.8. The summed E-state index contributed by atoms with van der Waals surface area (Å²) < 4.78 is 14.1. The van der Waals surface area contributed by atoms with Crippen LogP contribution < -0.4 is 9.47 Å². The second-order valence-corrected chi connectivity index (χ2v) is 10.2. The summed E-state index contributed by atoms with van der Waals surface area (Å²) in [7, 11) is 0. The van der Waals surface area contributed by atoms with Gasteiger partial charge in [-0.25, -0.2) is 0 Å². The van der Waals surface area contributed by atoms with Crippen molar-refractivity contribution in [2.75, 3.05) is 38.5 Å². The maximum atomic E-state index is 13.1. The van der Waals surface area contributed by atoms with Crippen molar-refractivity contribution in [3.05, 3.63) is 96.3 Å². The van der Waals surface area contributed by atoms with E-state index in [1.54, 1.807) is 0 Å². The molecule has 0 saturated carbocycles. The summed E-state index contributed by atoms with van der Waals surface area (Å²) in [6.07, 6.45) is -0.416. The van der Waals surface area contributed by atoms with E-state index in [9.17, 15) is 4.79 Å². The van der Waals surface area contributed by atoms with Crippen molar-refractivity contribution in [3.63, 3.8) is 0 Å². The van der Waals surface area contributed by atoms with Gasteiger partial charge in [0, 0.05) is 38.4 Å². The Labute approximate surface area is 226 Å². The summed E-state index contributed by atoms with van der Waals surface area (Å²) >= 11 is 1.41. The van der Waals surface area contributed by atoms with Gasteiger partial charge in [-0.1, -0.05) is 72.4 Å². The van der Waals surface area contributed by atoms with Gasteiger partial charge in [0.05, 0.1) is 5.75 Å². The number of carbonyl (C=O) groups excluding carboxylic acids is 1. The first-order chi connectivity index (χ1) is 18.7. The quantitative estimate of drug-likeness (QED) is 0.333. The number of aromatic nitrogens is 3. The van der Waals surface area contributed by atoms with Crippen molar-refractivity contribution in [3.8, 4) is 17.2 Å². The molecule has 0 radical (unpaired) electrons. The third-order valence-corrected chi connectivity index (χ3v) is 7.68. The molecule has 4 aromatic rings. The van der Waals surface area contributed by atoms with Crippen LogP contribution in [0, 0.1) is 0 Å². The predicted octanol–water partition coefficient (Wildman–Crippen LogP) is 4.22. The average molecular weight is 528 g/mol. The normalized spacial score (nSPS) is 17.4. The Bertz CT molecular complexity index is 1370. The van der Waals surface area contributed by atoms with Gasteiger partial charge >= 0.3 is 0 Å². The molecule has 1 fully saturated rings.